The van der Waals surface area contributed by atoms with Crippen LogP contribution in [-0.4, -0.2) is 59.8 Å². The third-order valence-corrected chi connectivity index (χ3v) is 5.13. The van der Waals surface area contributed by atoms with E-state index >= 15 is 0 Å². The summed E-state index contributed by atoms with van der Waals surface area (Å²) in [6.45, 7) is 1.50. The molecule has 2 atom stereocenters. The SMILES string of the molecule is COc1cccc(N2C[C@H](C(=O)N3CC[C@@H](Oc4cccnn4)C3)CC2=O)c1. The van der Waals surface area contributed by atoms with E-state index in [1.54, 1.807) is 35.2 Å². The van der Waals surface area contributed by atoms with Gasteiger partial charge in [-0.25, -0.2) is 0 Å². The fourth-order valence-electron chi connectivity index (χ4n) is 3.70. The maximum absolute atomic E-state index is 12.9. The average molecular weight is 382 g/mol. The van der Waals surface area contributed by atoms with E-state index in [0.29, 0.717) is 31.3 Å². The number of amides is 2. The summed E-state index contributed by atoms with van der Waals surface area (Å²) in [5, 5.41) is 7.71. The van der Waals surface area contributed by atoms with Crippen LogP contribution in [0.15, 0.2) is 42.6 Å². The van der Waals surface area contributed by atoms with Crippen LogP contribution in [0.5, 0.6) is 11.6 Å². The van der Waals surface area contributed by atoms with Crippen LogP contribution in [0, 0.1) is 5.92 Å². The molecule has 4 rings (SSSR count). The Bertz CT molecular complexity index is 860. The summed E-state index contributed by atoms with van der Waals surface area (Å²) < 4.78 is 11.0. The second-order valence-electron chi connectivity index (χ2n) is 6.98. The van der Waals surface area contributed by atoms with Crippen LogP contribution in [0.3, 0.4) is 0 Å². The Labute approximate surface area is 163 Å². The normalized spacial score (nSPS) is 21.8. The molecule has 2 amide bonds. The van der Waals surface area contributed by atoms with Gasteiger partial charge in [-0.15, -0.1) is 5.10 Å². The summed E-state index contributed by atoms with van der Waals surface area (Å²) in [5.41, 5.74) is 0.755. The molecule has 0 radical (unpaired) electrons. The zero-order chi connectivity index (χ0) is 19.5. The average Bonchev–Trinajstić information content (AvgIpc) is 3.35. The molecule has 1 aromatic carbocycles. The molecule has 2 aliphatic rings. The molecular weight excluding hydrogens is 360 g/mol. The molecule has 2 aliphatic heterocycles. The molecule has 2 fully saturated rings. The van der Waals surface area contributed by atoms with Gasteiger partial charge < -0.3 is 19.3 Å². The Morgan fingerprint density at radius 3 is 2.89 bits per heavy atom. The van der Waals surface area contributed by atoms with Gasteiger partial charge in [-0.2, -0.15) is 5.10 Å². The van der Waals surface area contributed by atoms with Gasteiger partial charge in [0.25, 0.3) is 0 Å². The van der Waals surface area contributed by atoms with E-state index < -0.39 is 0 Å². The summed E-state index contributed by atoms with van der Waals surface area (Å²) in [6, 6.07) is 10.8. The second-order valence-corrected chi connectivity index (χ2v) is 6.98. The number of carbonyl (C=O) groups excluding carboxylic acids is 2. The highest BCUT2D eigenvalue weighted by Gasteiger charge is 2.39. The van der Waals surface area contributed by atoms with Crippen molar-refractivity contribution in [2.75, 3.05) is 31.6 Å². The minimum atomic E-state index is -0.339. The summed E-state index contributed by atoms with van der Waals surface area (Å²) in [6.07, 6.45) is 2.44. The van der Waals surface area contributed by atoms with E-state index in [-0.39, 0.29) is 30.3 Å². The summed E-state index contributed by atoms with van der Waals surface area (Å²) in [7, 11) is 1.59. The van der Waals surface area contributed by atoms with E-state index in [1.807, 2.05) is 24.3 Å². The Hall–Kier alpha value is -3.16. The van der Waals surface area contributed by atoms with Crippen LogP contribution in [-0.2, 0) is 9.59 Å². The van der Waals surface area contributed by atoms with Crippen molar-refractivity contribution in [3.63, 3.8) is 0 Å². The Balaban J connectivity index is 1.37. The van der Waals surface area contributed by atoms with Crippen LogP contribution in [0.4, 0.5) is 5.69 Å². The molecule has 0 spiro atoms. The fourth-order valence-corrected chi connectivity index (χ4v) is 3.70. The molecule has 2 aromatic rings. The molecule has 0 saturated carbocycles. The number of ether oxygens (including phenoxy) is 2. The molecular formula is C20H22N4O4. The second kappa shape index (κ2) is 7.84. The van der Waals surface area contributed by atoms with Gasteiger partial charge in [-0.3, -0.25) is 9.59 Å². The number of likely N-dealkylation sites (tertiary alicyclic amines) is 1. The van der Waals surface area contributed by atoms with Crippen molar-refractivity contribution in [1.29, 1.82) is 0 Å². The number of rotatable bonds is 5. The van der Waals surface area contributed by atoms with Crippen LogP contribution in [0.1, 0.15) is 12.8 Å². The Kier molecular flexibility index (Phi) is 5.10. The van der Waals surface area contributed by atoms with Crippen molar-refractivity contribution >= 4 is 17.5 Å². The number of carbonyl (C=O) groups is 2. The highest BCUT2D eigenvalue weighted by atomic mass is 16.5. The lowest BCUT2D eigenvalue weighted by Crippen LogP contribution is -2.37. The minimum Gasteiger partial charge on any atom is -0.497 e. The third-order valence-electron chi connectivity index (χ3n) is 5.13. The first-order valence-corrected chi connectivity index (χ1v) is 9.31. The first kappa shape index (κ1) is 18.2. The molecule has 8 heteroatoms. The molecule has 1 aromatic heterocycles. The molecule has 146 valence electrons. The number of nitrogens with zero attached hydrogens (tertiary/aromatic N) is 4. The Morgan fingerprint density at radius 2 is 2.11 bits per heavy atom. The summed E-state index contributed by atoms with van der Waals surface area (Å²) >= 11 is 0. The number of methoxy groups -OCH3 is 1. The predicted molar refractivity (Wildman–Crippen MR) is 101 cm³/mol. The highest BCUT2D eigenvalue weighted by Crippen LogP contribution is 2.29. The number of aromatic nitrogens is 2. The van der Waals surface area contributed by atoms with Crippen molar-refractivity contribution in [1.82, 2.24) is 15.1 Å². The molecule has 28 heavy (non-hydrogen) atoms. The maximum atomic E-state index is 12.9. The minimum absolute atomic E-state index is 0.00370. The fraction of sp³-hybridized carbons (Fsp3) is 0.400. The lowest BCUT2D eigenvalue weighted by Gasteiger charge is -2.21. The topological polar surface area (TPSA) is 84.9 Å². The number of benzene rings is 1. The lowest BCUT2D eigenvalue weighted by atomic mass is 10.1. The van der Waals surface area contributed by atoms with Gasteiger partial charge in [0.15, 0.2) is 0 Å². The van der Waals surface area contributed by atoms with E-state index in [1.165, 1.54) is 0 Å². The van der Waals surface area contributed by atoms with E-state index in [9.17, 15) is 9.59 Å². The molecule has 3 heterocycles. The van der Waals surface area contributed by atoms with Crippen molar-refractivity contribution in [2.24, 2.45) is 5.92 Å². The summed E-state index contributed by atoms with van der Waals surface area (Å²) in [4.78, 5) is 28.9. The van der Waals surface area contributed by atoms with Gasteiger partial charge >= 0.3 is 0 Å². The first-order chi connectivity index (χ1) is 13.6. The van der Waals surface area contributed by atoms with Crippen molar-refractivity contribution in [3.05, 3.63) is 42.6 Å². The van der Waals surface area contributed by atoms with Gasteiger partial charge in [0.05, 0.1) is 19.6 Å². The molecule has 0 aliphatic carbocycles. The molecule has 0 unspecified atom stereocenters. The van der Waals surface area contributed by atoms with Crippen LogP contribution >= 0.6 is 0 Å². The molecule has 0 bridgehead atoms. The van der Waals surface area contributed by atoms with Gasteiger partial charge in [0.1, 0.15) is 11.9 Å². The number of anilines is 1. The standard InChI is InChI=1S/C20H22N4O4/c1-27-16-5-2-4-15(11-16)24-12-14(10-19(24)25)20(26)23-9-7-17(13-23)28-18-6-3-8-21-22-18/h2-6,8,11,14,17H,7,9-10,12-13H2,1H3/t14-,17-/m1/s1. The van der Waals surface area contributed by atoms with Gasteiger partial charge in [-0.05, 0) is 18.2 Å². The summed E-state index contributed by atoms with van der Waals surface area (Å²) in [5.74, 6) is 0.766. The van der Waals surface area contributed by atoms with Gasteiger partial charge in [0, 0.05) is 49.9 Å². The Morgan fingerprint density at radius 1 is 1.21 bits per heavy atom. The van der Waals surface area contributed by atoms with Crippen molar-refractivity contribution in [2.45, 2.75) is 18.9 Å². The molecule has 2 saturated heterocycles. The highest BCUT2D eigenvalue weighted by molar-refractivity contribution is 6.00. The maximum Gasteiger partial charge on any atom is 0.233 e. The van der Waals surface area contributed by atoms with Crippen LogP contribution in [0.25, 0.3) is 0 Å². The first-order valence-electron chi connectivity index (χ1n) is 9.31. The van der Waals surface area contributed by atoms with E-state index in [4.69, 9.17) is 9.47 Å². The lowest BCUT2D eigenvalue weighted by molar-refractivity contribution is -0.135. The van der Waals surface area contributed by atoms with E-state index in [2.05, 4.69) is 10.2 Å². The monoisotopic (exact) mass is 382 g/mol. The van der Waals surface area contributed by atoms with E-state index in [0.717, 1.165) is 12.1 Å². The van der Waals surface area contributed by atoms with Crippen molar-refractivity contribution < 1.29 is 19.1 Å². The zero-order valence-corrected chi connectivity index (χ0v) is 15.7. The molecule has 8 nitrogen and oxygen atoms in total. The van der Waals surface area contributed by atoms with Gasteiger partial charge in [0.2, 0.25) is 17.7 Å². The zero-order valence-electron chi connectivity index (χ0n) is 15.7. The number of hydrogen-bond donors (Lipinski definition) is 0. The largest absolute Gasteiger partial charge is 0.497 e. The quantitative estimate of drug-likeness (QED) is 0.780. The van der Waals surface area contributed by atoms with Gasteiger partial charge in [-0.1, -0.05) is 6.07 Å². The van der Waals surface area contributed by atoms with Crippen LogP contribution < -0.4 is 14.4 Å². The number of hydrogen-bond acceptors (Lipinski definition) is 6. The smallest absolute Gasteiger partial charge is 0.233 e. The third kappa shape index (κ3) is 3.76. The predicted octanol–water partition coefficient (Wildman–Crippen LogP) is 1.52. The molecule has 0 N–H and O–H groups in total. The van der Waals surface area contributed by atoms with Crippen molar-refractivity contribution in [3.8, 4) is 11.6 Å². The van der Waals surface area contributed by atoms with Crippen LogP contribution in [0.2, 0.25) is 0 Å².